The molecule has 2 N–H and O–H groups in total. The zero-order valence-electron chi connectivity index (χ0n) is 11.6. The summed E-state index contributed by atoms with van der Waals surface area (Å²) in [6.45, 7) is 3.46. The molecule has 1 atom stereocenters. The van der Waals surface area contributed by atoms with Gasteiger partial charge in [-0.05, 0) is 24.6 Å². The number of rotatable bonds is 4. The van der Waals surface area contributed by atoms with Gasteiger partial charge in [-0.15, -0.1) is 0 Å². The van der Waals surface area contributed by atoms with E-state index < -0.39 is 0 Å². The smallest absolute Gasteiger partial charge is 0.123 e. The third-order valence-electron chi connectivity index (χ3n) is 3.64. The Kier molecular flexibility index (Phi) is 3.61. The molecule has 3 heteroatoms. The molecule has 0 radical (unpaired) electrons. The maximum atomic E-state index is 9.80. The third kappa shape index (κ3) is 2.78. The second-order valence-corrected chi connectivity index (χ2v) is 5.31. The van der Waals surface area contributed by atoms with Crippen LogP contribution in [0.5, 0.6) is 11.5 Å². The number of para-hydroxylation sites is 1. The SMILES string of the molecule is Cc1ccc(O)c(CNCC2Cc3ccccc3O2)c1. The number of aromatic hydroxyl groups is 1. The second kappa shape index (κ2) is 5.55. The molecule has 20 heavy (non-hydrogen) atoms. The van der Waals surface area contributed by atoms with Crippen LogP contribution in [0.2, 0.25) is 0 Å². The fourth-order valence-electron chi connectivity index (χ4n) is 2.59. The number of phenolic OH excluding ortho intramolecular Hbond substituents is 1. The Morgan fingerprint density at radius 2 is 2.10 bits per heavy atom. The van der Waals surface area contributed by atoms with Gasteiger partial charge in [-0.3, -0.25) is 0 Å². The van der Waals surface area contributed by atoms with Gasteiger partial charge in [-0.1, -0.05) is 35.9 Å². The van der Waals surface area contributed by atoms with Crippen molar-refractivity contribution in [2.45, 2.75) is 26.0 Å². The highest BCUT2D eigenvalue weighted by molar-refractivity contribution is 5.37. The standard InChI is InChI=1S/C17H19NO2/c1-12-6-7-16(19)14(8-12)10-18-11-15-9-13-4-2-3-5-17(13)20-15/h2-8,15,18-19H,9-11H2,1H3. The molecule has 0 saturated carbocycles. The van der Waals surface area contributed by atoms with E-state index in [1.54, 1.807) is 6.07 Å². The molecule has 0 amide bonds. The highest BCUT2D eigenvalue weighted by atomic mass is 16.5. The summed E-state index contributed by atoms with van der Waals surface area (Å²) >= 11 is 0. The van der Waals surface area contributed by atoms with Gasteiger partial charge in [0.05, 0.1) is 0 Å². The van der Waals surface area contributed by atoms with Crippen molar-refractivity contribution in [3.63, 3.8) is 0 Å². The fourth-order valence-corrected chi connectivity index (χ4v) is 2.59. The van der Waals surface area contributed by atoms with Crippen molar-refractivity contribution >= 4 is 0 Å². The van der Waals surface area contributed by atoms with Gasteiger partial charge in [-0.25, -0.2) is 0 Å². The highest BCUT2D eigenvalue weighted by Gasteiger charge is 2.21. The van der Waals surface area contributed by atoms with Crippen LogP contribution in [0.4, 0.5) is 0 Å². The van der Waals surface area contributed by atoms with Gasteiger partial charge in [0.25, 0.3) is 0 Å². The van der Waals surface area contributed by atoms with E-state index in [0.29, 0.717) is 12.3 Å². The van der Waals surface area contributed by atoms with Crippen molar-refractivity contribution in [2.24, 2.45) is 0 Å². The molecule has 1 unspecified atom stereocenters. The Balaban J connectivity index is 1.53. The summed E-state index contributed by atoms with van der Waals surface area (Å²) in [5.74, 6) is 1.34. The lowest BCUT2D eigenvalue weighted by Gasteiger charge is -2.12. The normalized spacial score (nSPS) is 16.8. The van der Waals surface area contributed by atoms with Crippen molar-refractivity contribution in [1.29, 1.82) is 0 Å². The number of hydrogen-bond donors (Lipinski definition) is 2. The van der Waals surface area contributed by atoms with Crippen molar-refractivity contribution in [3.8, 4) is 11.5 Å². The molecule has 3 rings (SSSR count). The van der Waals surface area contributed by atoms with Gasteiger partial charge in [-0.2, -0.15) is 0 Å². The maximum absolute atomic E-state index is 9.80. The van der Waals surface area contributed by atoms with Gasteiger partial charge in [0.2, 0.25) is 0 Å². The van der Waals surface area contributed by atoms with Crippen LogP contribution >= 0.6 is 0 Å². The summed E-state index contributed by atoms with van der Waals surface area (Å²) in [6, 6.07) is 13.8. The summed E-state index contributed by atoms with van der Waals surface area (Å²) in [6.07, 6.45) is 1.13. The molecule has 0 fully saturated rings. The minimum absolute atomic E-state index is 0.180. The van der Waals surface area contributed by atoms with Crippen molar-refractivity contribution in [1.82, 2.24) is 5.32 Å². The molecule has 2 aromatic rings. The molecule has 1 heterocycles. The van der Waals surface area contributed by atoms with Crippen LogP contribution in [0.1, 0.15) is 16.7 Å². The van der Waals surface area contributed by atoms with Gasteiger partial charge in [0.1, 0.15) is 17.6 Å². The van der Waals surface area contributed by atoms with Crippen LogP contribution in [-0.4, -0.2) is 17.8 Å². The highest BCUT2D eigenvalue weighted by Crippen LogP contribution is 2.27. The minimum atomic E-state index is 0.180. The number of nitrogens with one attached hydrogen (secondary N) is 1. The number of benzene rings is 2. The molecule has 104 valence electrons. The van der Waals surface area contributed by atoms with Gasteiger partial charge in [0.15, 0.2) is 0 Å². The molecule has 1 aliphatic rings. The van der Waals surface area contributed by atoms with E-state index in [1.807, 2.05) is 37.3 Å². The number of ether oxygens (including phenoxy) is 1. The van der Waals surface area contributed by atoms with E-state index in [-0.39, 0.29) is 6.10 Å². The molecule has 0 aromatic heterocycles. The first kappa shape index (κ1) is 13.0. The van der Waals surface area contributed by atoms with Gasteiger partial charge in [0, 0.05) is 25.1 Å². The largest absolute Gasteiger partial charge is 0.508 e. The predicted octanol–water partition coefficient (Wildman–Crippen LogP) is 2.79. The average Bonchev–Trinajstić information content (AvgIpc) is 2.85. The van der Waals surface area contributed by atoms with Crippen molar-refractivity contribution in [3.05, 3.63) is 59.2 Å². The Morgan fingerprint density at radius 3 is 2.95 bits per heavy atom. The van der Waals surface area contributed by atoms with Crippen LogP contribution in [-0.2, 0) is 13.0 Å². The van der Waals surface area contributed by atoms with E-state index in [1.165, 1.54) is 5.56 Å². The second-order valence-electron chi connectivity index (χ2n) is 5.31. The molecule has 1 aliphatic heterocycles. The number of fused-ring (bicyclic) bond motifs is 1. The van der Waals surface area contributed by atoms with E-state index in [2.05, 4.69) is 11.4 Å². The van der Waals surface area contributed by atoms with Crippen LogP contribution < -0.4 is 10.1 Å². The van der Waals surface area contributed by atoms with Crippen LogP contribution in [0.25, 0.3) is 0 Å². The number of hydrogen-bond acceptors (Lipinski definition) is 3. The molecular formula is C17H19NO2. The van der Waals surface area contributed by atoms with Crippen molar-refractivity contribution < 1.29 is 9.84 Å². The lowest BCUT2D eigenvalue weighted by molar-refractivity contribution is 0.227. The van der Waals surface area contributed by atoms with E-state index in [0.717, 1.165) is 29.8 Å². The average molecular weight is 269 g/mol. The molecule has 0 aliphatic carbocycles. The van der Waals surface area contributed by atoms with Gasteiger partial charge < -0.3 is 15.2 Å². The Bertz CT molecular complexity index is 585. The summed E-state index contributed by atoms with van der Waals surface area (Å²) < 4.78 is 5.87. The fraction of sp³-hybridized carbons (Fsp3) is 0.294. The summed E-state index contributed by atoms with van der Waals surface area (Å²) in [7, 11) is 0. The third-order valence-corrected chi connectivity index (χ3v) is 3.64. The monoisotopic (exact) mass is 269 g/mol. The lowest BCUT2D eigenvalue weighted by atomic mass is 10.1. The number of aryl methyl sites for hydroxylation is 1. The molecular weight excluding hydrogens is 250 g/mol. The van der Waals surface area contributed by atoms with Gasteiger partial charge >= 0.3 is 0 Å². The Labute approximate surface area is 119 Å². The van der Waals surface area contributed by atoms with Crippen LogP contribution in [0.3, 0.4) is 0 Å². The molecule has 0 bridgehead atoms. The maximum Gasteiger partial charge on any atom is 0.123 e. The summed E-state index contributed by atoms with van der Waals surface area (Å²) in [4.78, 5) is 0. The quantitative estimate of drug-likeness (QED) is 0.896. The first-order valence-corrected chi connectivity index (χ1v) is 6.96. The van der Waals surface area contributed by atoms with E-state index in [9.17, 15) is 5.11 Å². The van der Waals surface area contributed by atoms with E-state index in [4.69, 9.17) is 4.74 Å². The van der Waals surface area contributed by atoms with E-state index >= 15 is 0 Å². The zero-order chi connectivity index (χ0) is 13.9. The molecule has 0 spiro atoms. The first-order chi connectivity index (χ1) is 9.72. The first-order valence-electron chi connectivity index (χ1n) is 6.96. The van der Waals surface area contributed by atoms with Crippen molar-refractivity contribution in [2.75, 3.05) is 6.54 Å². The van der Waals surface area contributed by atoms with Crippen LogP contribution in [0, 0.1) is 6.92 Å². The summed E-state index contributed by atoms with van der Waals surface area (Å²) in [5.41, 5.74) is 3.36. The van der Waals surface area contributed by atoms with Crippen LogP contribution in [0.15, 0.2) is 42.5 Å². The Morgan fingerprint density at radius 1 is 1.25 bits per heavy atom. The topological polar surface area (TPSA) is 41.5 Å². The lowest BCUT2D eigenvalue weighted by Crippen LogP contribution is -2.29. The molecule has 2 aromatic carbocycles. The zero-order valence-corrected chi connectivity index (χ0v) is 11.6. The summed E-state index contributed by atoms with van der Waals surface area (Å²) in [5, 5.41) is 13.2. The molecule has 0 saturated heterocycles. The number of phenols is 1. The minimum Gasteiger partial charge on any atom is -0.508 e. The molecule has 3 nitrogen and oxygen atoms in total. The Hall–Kier alpha value is -2.00. The predicted molar refractivity (Wildman–Crippen MR) is 79.1 cm³/mol.